The van der Waals surface area contributed by atoms with Crippen molar-refractivity contribution in [3.05, 3.63) is 34.6 Å². The van der Waals surface area contributed by atoms with Crippen molar-refractivity contribution in [2.75, 3.05) is 13.1 Å². The van der Waals surface area contributed by atoms with Crippen molar-refractivity contribution in [1.29, 1.82) is 0 Å². The summed E-state index contributed by atoms with van der Waals surface area (Å²) >= 11 is 5.86. The average molecular weight is 271 g/mol. The van der Waals surface area contributed by atoms with Crippen molar-refractivity contribution in [2.24, 2.45) is 11.7 Å². The summed E-state index contributed by atoms with van der Waals surface area (Å²) in [5.41, 5.74) is 6.78. The highest BCUT2D eigenvalue weighted by Crippen LogP contribution is 2.34. The summed E-state index contributed by atoms with van der Waals surface area (Å²) in [6.07, 6.45) is 0.906. The van der Waals surface area contributed by atoms with Gasteiger partial charge >= 0.3 is 0 Å². The van der Waals surface area contributed by atoms with Gasteiger partial charge in [-0.2, -0.15) is 0 Å². The van der Waals surface area contributed by atoms with E-state index in [0.29, 0.717) is 11.5 Å². The third-order valence-electron chi connectivity index (χ3n) is 3.45. The first-order valence-electron chi connectivity index (χ1n) is 6.44. The molecule has 0 spiro atoms. The fourth-order valence-electron chi connectivity index (χ4n) is 2.73. The lowest BCUT2D eigenvalue weighted by Crippen LogP contribution is -2.34. The van der Waals surface area contributed by atoms with Gasteiger partial charge in [-0.15, -0.1) is 0 Å². The van der Waals surface area contributed by atoms with Crippen LogP contribution in [0.25, 0.3) is 0 Å². The van der Waals surface area contributed by atoms with Crippen LogP contribution in [0.3, 0.4) is 0 Å². The topological polar surface area (TPSA) is 29.3 Å². The first-order chi connectivity index (χ1) is 8.50. The Morgan fingerprint density at radius 1 is 1.50 bits per heavy atom. The van der Waals surface area contributed by atoms with Gasteiger partial charge in [0.1, 0.15) is 5.82 Å². The third kappa shape index (κ3) is 2.68. The van der Waals surface area contributed by atoms with Crippen LogP contribution >= 0.6 is 11.6 Å². The van der Waals surface area contributed by atoms with Crippen molar-refractivity contribution < 1.29 is 4.39 Å². The SMILES string of the molecule is CC(C)CN1CCC(N)C1c1cccc(Cl)c1F. The lowest BCUT2D eigenvalue weighted by atomic mass is 9.99. The molecule has 0 aliphatic carbocycles. The maximum atomic E-state index is 14.1. The van der Waals surface area contributed by atoms with Gasteiger partial charge in [0.15, 0.2) is 0 Å². The van der Waals surface area contributed by atoms with Gasteiger partial charge < -0.3 is 5.73 Å². The molecule has 18 heavy (non-hydrogen) atoms. The second-order valence-corrected chi connectivity index (χ2v) is 5.84. The Morgan fingerprint density at radius 2 is 2.22 bits per heavy atom. The van der Waals surface area contributed by atoms with Crippen molar-refractivity contribution in [1.82, 2.24) is 4.90 Å². The number of hydrogen-bond donors (Lipinski definition) is 1. The molecule has 100 valence electrons. The maximum Gasteiger partial charge on any atom is 0.146 e. The normalized spacial score (nSPS) is 25.0. The summed E-state index contributed by atoms with van der Waals surface area (Å²) in [6.45, 7) is 6.19. The number of benzene rings is 1. The molecule has 2 atom stereocenters. The Balaban J connectivity index is 2.31. The Morgan fingerprint density at radius 3 is 2.89 bits per heavy atom. The molecule has 1 heterocycles. The molecular weight excluding hydrogens is 251 g/mol. The number of likely N-dealkylation sites (tertiary alicyclic amines) is 1. The van der Waals surface area contributed by atoms with Gasteiger partial charge in [0.2, 0.25) is 0 Å². The third-order valence-corrected chi connectivity index (χ3v) is 3.74. The van der Waals surface area contributed by atoms with Gasteiger partial charge in [0.05, 0.1) is 11.1 Å². The minimum Gasteiger partial charge on any atom is -0.326 e. The molecule has 0 amide bonds. The number of hydrogen-bond acceptors (Lipinski definition) is 2. The largest absolute Gasteiger partial charge is 0.326 e. The van der Waals surface area contributed by atoms with E-state index < -0.39 is 0 Å². The Hall–Kier alpha value is -0.640. The second kappa shape index (κ2) is 5.55. The molecule has 0 aromatic heterocycles. The van der Waals surface area contributed by atoms with E-state index in [4.69, 9.17) is 17.3 Å². The zero-order valence-corrected chi connectivity index (χ0v) is 11.6. The molecule has 0 radical (unpaired) electrons. The molecule has 4 heteroatoms. The Bertz CT molecular complexity index is 422. The summed E-state index contributed by atoms with van der Waals surface area (Å²) in [4.78, 5) is 2.27. The standard InChI is InChI=1S/C14H20ClFN2/c1-9(2)8-18-7-6-12(17)14(18)10-4-3-5-11(15)13(10)16/h3-5,9,12,14H,6-8,17H2,1-2H3. The molecule has 1 saturated heterocycles. The van der Waals surface area contributed by atoms with Gasteiger partial charge in [0.25, 0.3) is 0 Å². The molecule has 2 unspecified atom stereocenters. The van der Waals surface area contributed by atoms with Gasteiger partial charge in [-0.1, -0.05) is 37.6 Å². The summed E-state index contributed by atoms with van der Waals surface area (Å²) in [6, 6.07) is 5.10. The van der Waals surface area contributed by atoms with Gasteiger partial charge in [-0.3, -0.25) is 4.90 Å². The van der Waals surface area contributed by atoms with Crippen LogP contribution in [-0.2, 0) is 0 Å². The van der Waals surface area contributed by atoms with Crippen molar-refractivity contribution in [3.8, 4) is 0 Å². The van der Waals surface area contributed by atoms with Crippen LogP contribution < -0.4 is 5.73 Å². The highest BCUT2D eigenvalue weighted by atomic mass is 35.5. The highest BCUT2D eigenvalue weighted by molar-refractivity contribution is 6.30. The molecule has 2 rings (SSSR count). The van der Waals surface area contributed by atoms with E-state index in [2.05, 4.69) is 18.7 Å². The van der Waals surface area contributed by atoms with Crippen LogP contribution in [0.2, 0.25) is 5.02 Å². The van der Waals surface area contributed by atoms with Crippen LogP contribution in [0.4, 0.5) is 4.39 Å². The first kappa shape index (κ1) is 13.8. The van der Waals surface area contributed by atoms with Crippen LogP contribution in [0.15, 0.2) is 18.2 Å². The molecule has 0 saturated carbocycles. The zero-order valence-electron chi connectivity index (χ0n) is 10.9. The predicted octanol–water partition coefficient (Wildman–Crippen LogP) is 3.21. The first-order valence-corrected chi connectivity index (χ1v) is 6.82. The van der Waals surface area contributed by atoms with Crippen molar-refractivity contribution in [2.45, 2.75) is 32.4 Å². The molecule has 0 bridgehead atoms. The molecule has 1 aromatic rings. The number of halogens is 2. The fraction of sp³-hybridized carbons (Fsp3) is 0.571. The number of nitrogens with zero attached hydrogens (tertiary/aromatic N) is 1. The molecular formula is C14H20ClFN2. The summed E-state index contributed by atoms with van der Waals surface area (Å²) < 4.78 is 14.1. The van der Waals surface area contributed by atoms with E-state index in [1.54, 1.807) is 18.2 Å². The molecule has 1 aliphatic rings. The summed E-state index contributed by atoms with van der Waals surface area (Å²) in [7, 11) is 0. The minimum atomic E-state index is -0.324. The smallest absolute Gasteiger partial charge is 0.146 e. The van der Waals surface area contributed by atoms with Crippen molar-refractivity contribution in [3.63, 3.8) is 0 Å². The van der Waals surface area contributed by atoms with Gasteiger partial charge in [-0.25, -0.2) is 4.39 Å². The Kier molecular flexibility index (Phi) is 4.25. The predicted molar refractivity (Wildman–Crippen MR) is 73.2 cm³/mol. The molecule has 2 nitrogen and oxygen atoms in total. The monoisotopic (exact) mass is 270 g/mol. The molecule has 1 fully saturated rings. The van der Waals surface area contributed by atoms with E-state index in [9.17, 15) is 4.39 Å². The lowest BCUT2D eigenvalue weighted by Gasteiger charge is -2.29. The number of nitrogens with two attached hydrogens (primary N) is 1. The maximum absolute atomic E-state index is 14.1. The van der Waals surface area contributed by atoms with Crippen LogP contribution in [0.5, 0.6) is 0 Å². The summed E-state index contributed by atoms with van der Waals surface area (Å²) in [5.74, 6) is 0.218. The average Bonchev–Trinajstić information content (AvgIpc) is 2.63. The second-order valence-electron chi connectivity index (χ2n) is 5.43. The quantitative estimate of drug-likeness (QED) is 0.914. The van der Waals surface area contributed by atoms with E-state index in [1.165, 1.54) is 0 Å². The van der Waals surface area contributed by atoms with E-state index in [0.717, 1.165) is 19.5 Å². The molecule has 2 N–H and O–H groups in total. The molecule has 1 aliphatic heterocycles. The minimum absolute atomic E-state index is 0.0169. The zero-order chi connectivity index (χ0) is 13.3. The van der Waals surface area contributed by atoms with Gasteiger partial charge in [-0.05, 0) is 18.4 Å². The lowest BCUT2D eigenvalue weighted by molar-refractivity contribution is 0.217. The van der Waals surface area contributed by atoms with E-state index >= 15 is 0 Å². The number of rotatable bonds is 3. The van der Waals surface area contributed by atoms with E-state index in [1.807, 2.05) is 0 Å². The van der Waals surface area contributed by atoms with E-state index in [-0.39, 0.29) is 22.9 Å². The van der Waals surface area contributed by atoms with Crippen LogP contribution in [0.1, 0.15) is 31.9 Å². The summed E-state index contributed by atoms with van der Waals surface area (Å²) in [5, 5.41) is 0.177. The fourth-order valence-corrected chi connectivity index (χ4v) is 2.91. The Labute approximate surface area is 113 Å². The molecule has 1 aromatic carbocycles. The highest BCUT2D eigenvalue weighted by Gasteiger charge is 2.34. The van der Waals surface area contributed by atoms with Gasteiger partial charge in [0, 0.05) is 24.7 Å². The van der Waals surface area contributed by atoms with Crippen LogP contribution in [0, 0.1) is 11.7 Å². The van der Waals surface area contributed by atoms with Crippen molar-refractivity contribution >= 4 is 11.6 Å². The van der Waals surface area contributed by atoms with Crippen LogP contribution in [-0.4, -0.2) is 24.0 Å².